The standard InChI is InChI=1S/C23H22N6O2/c1-14-26-20-16(21(24)30)8-5-9-19(20)29(14)23-27-18-10-11-31-13-17(18)22(28-23)25-12-15-6-3-2-4-7-15/h2-9H,10-13H2,1H3,(H2,24,30)(H,25,27,28). The number of aromatic nitrogens is 4. The third kappa shape index (κ3) is 3.51. The van der Waals surface area contributed by atoms with Crippen molar-refractivity contribution in [1.82, 2.24) is 19.5 Å². The van der Waals surface area contributed by atoms with Crippen molar-refractivity contribution in [2.45, 2.75) is 26.5 Å². The predicted octanol–water partition coefficient (Wildman–Crippen LogP) is 2.91. The second-order valence-corrected chi connectivity index (χ2v) is 7.47. The Morgan fingerprint density at radius 3 is 2.77 bits per heavy atom. The summed E-state index contributed by atoms with van der Waals surface area (Å²) in [5.41, 5.74) is 10.3. The highest BCUT2D eigenvalue weighted by atomic mass is 16.5. The van der Waals surface area contributed by atoms with E-state index in [2.05, 4.69) is 22.4 Å². The summed E-state index contributed by atoms with van der Waals surface area (Å²) in [7, 11) is 0. The molecule has 0 saturated heterocycles. The van der Waals surface area contributed by atoms with Crippen molar-refractivity contribution in [3.05, 3.63) is 76.7 Å². The fraction of sp³-hybridized carbons (Fsp3) is 0.217. The van der Waals surface area contributed by atoms with E-state index in [9.17, 15) is 4.79 Å². The molecule has 0 unspecified atom stereocenters. The van der Waals surface area contributed by atoms with Crippen LogP contribution in [0, 0.1) is 6.92 Å². The van der Waals surface area contributed by atoms with Crippen molar-refractivity contribution in [2.75, 3.05) is 11.9 Å². The number of carbonyl (C=O) groups is 1. The van der Waals surface area contributed by atoms with Crippen molar-refractivity contribution in [1.29, 1.82) is 0 Å². The average Bonchev–Trinajstić information content (AvgIpc) is 3.13. The van der Waals surface area contributed by atoms with Gasteiger partial charge in [-0.05, 0) is 24.6 Å². The number of anilines is 1. The molecule has 31 heavy (non-hydrogen) atoms. The third-order valence-electron chi connectivity index (χ3n) is 5.43. The molecule has 1 amide bonds. The number of hydrogen-bond acceptors (Lipinski definition) is 6. The van der Waals surface area contributed by atoms with Crippen molar-refractivity contribution in [2.24, 2.45) is 5.73 Å². The molecule has 2 aromatic carbocycles. The summed E-state index contributed by atoms with van der Waals surface area (Å²) < 4.78 is 7.53. The van der Waals surface area contributed by atoms with Crippen LogP contribution in [0.25, 0.3) is 17.0 Å². The molecule has 0 spiro atoms. The summed E-state index contributed by atoms with van der Waals surface area (Å²) >= 11 is 0. The van der Waals surface area contributed by atoms with Gasteiger partial charge in [-0.2, -0.15) is 4.98 Å². The van der Waals surface area contributed by atoms with Gasteiger partial charge in [-0.15, -0.1) is 0 Å². The maximum Gasteiger partial charge on any atom is 0.250 e. The number of amides is 1. The van der Waals surface area contributed by atoms with Crippen LogP contribution in [-0.2, 0) is 24.3 Å². The highest BCUT2D eigenvalue weighted by Crippen LogP contribution is 2.27. The van der Waals surface area contributed by atoms with Crippen molar-refractivity contribution < 1.29 is 9.53 Å². The Labute approximate surface area is 179 Å². The van der Waals surface area contributed by atoms with Crippen LogP contribution in [0.5, 0.6) is 0 Å². The van der Waals surface area contributed by atoms with E-state index in [0.717, 1.165) is 28.2 Å². The molecule has 0 fully saturated rings. The first-order valence-corrected chi connectivity index (χ1v) is 10.2. The van der Waals surface area contributed by atoms with E-state index in [1.54, 1.807) is 12.1 Å². The number of fused-ring (bicyclic) bond motifs is 2. The van der Waals surface area contributed by atoms with Crippen LogP contribution in [0.1, 0.15) is 33.0 Å². The zero-order valence-corrected chi connectivity index (χ0v) is 17.1. The topological polar surface area (TPSA) is 108 Å². The molecule has 1 aliphatic rings. The van der Waals surface area contributed by atoms with E-state index in [4.69, 9.17) is 20.4 Å². The molecule has 8 heteroatoms. The summed E-state index contributed by atoms with van der Waals surface area (Å²) in [6, 6.07) is 15.5. The quantitative estimate of drug-likeness (QED) is 0.520. The molecule has 4 aromatic rings. The molecular formula is C23H22N6O2. The van der Waals surface area contributed by atoms with Gasteiger partial charge in [0, 0.05) is 18.5 Å². The van der Waals surface area contributed by atoms with E-state index in [-0.39, 0.29) is 0 Å². The Hall–Kier alpha value is -3.78. The minimum Gasteiger partial charge on any atom is -0.376 e. The highest BCUT2D eigenvalue weighted by molar-refractivity contribution is 6.04. The van der Waals surface area contributed by atoms with Gasteiger partial charge < -0.3 is 15.8 Å². The van der Waals surface area contributed by atoms with Crippen molar-refractivity contribution >= 4 is 22.8 Å². The van der Waals surface area contributed by atoms with Crippen LogP contribution < -0.4 is 11.1 Å². The minimum atomic E-state index is -0.510. The normalized spacial score (nSPS) is 13.2. The molecule has 5 rings (SSSR count). The Morgan fingerprint density at radius 2 is 1.97 bits per heavy atom. The number of aryl methyl sites for hydroxylation is 1. The number of nitrogens with two attached hydrogens (primary N) is 1. The molecule has 0 aliphatic carbocycles. The lowest BCUT2D eigenvalue weighted by Gasteiger charge is -2.21. The predicted molar refractivity (Wildman–Crippen MR) is 117 cm³/mol. The Kier molecular flexibility index (Phi) is 4.83. The number of carbonyl (C=O) groups excluding carboxylic acids is 1. The number of imidazole rings is 1. The summed E-state index contributed by atoms with van der Waals surface area (Å²) in [4.78, 5) is 26.1. The lowest BCUT2D eigenvalue weighted by atomic mass is 10.1. The smallest absolute Gasteiger partial charge is 0.250 e. The van der Waals surface area contributed by atoms with Crippen LogP contribution in [0.2, 0.25) is 0 Å². The largest absolute Gasteiger partial charge is 0.376 e. The summed E-state index contributed by atoms with van der Waals surface area (Å²) in [6.07, 6.45) is 0.711. The number of nitrogens with zero attached hydrogens (tertiary/aromatic N) is 4. The summed E-state index contributed by atoms with van der Waals surface area (Å²) in [5.74, 6) is 1.43. The van der Waals surface area contributed by atoms with Crippen molar-refractivity contribution in [3.63, 3.8) is 0 Å². The number of nitrogens with one attached hydrogen (secondary N) is 1. The van der Waals surface area contributed by atoms with E-state index in [1.807, 2.05) is 35.8 Å². The molecule has 0 saturated carbocycles. The van der Waals surface area contributed by atoms with Crippen LogP contribution >= 0.6 is 0 Å². The number of para-hydroxylation sites is 1. The monoisotopic (exact) mass is 414 g/mol. The zero-order chi connectivity index (χ0) is 21.4. The SMILES string of the molecule is Cc1nc2c(C(N)=O)cccc2n1-c1nc2c(c(NCc3ccccc3)n1)COCC2. The van der Waals surface area contributed by atoms with Gasteiger partial charge in [-0.3, -0.25) is 9.36 Å². The van der Waals surface area contributed by atoms with Gasteiger partial charge in [0.15, 0.2) is 0 Å². The van der Waals surface area contributed by atoms with E-state index >= 15 is 0 Å². The van der Waals surface area contributed by atoms with Gasteiger partial charge >= 0.3 is 0 Å². The van der Waals surface area contributed by atoms with Crippen LogP contribution in [-0.4, -0.2) is 32.0 Å². The Balaban J connectivity index is 1.62. The van der Waals surface area contributed by atoms with Gasteiger partial charge in [0.1, 0.15) is 17.2 Å². The van der Waals surface area contributed by atoms with Gasteiger partial charge in [-0.1, -0.05) is 36.4 Å². The number of hydrogen-bond donors (Lipinski definition) is 2. The van der Waals surface area contributed by atoms with E-state index in [0.29, 0.717) is 49.0 Å². The molecular weight excluding hydrogens is 392 g/mol. The number of primary amides is 1. The first-order chi connectivity index (χ1) is 15.1. The zero-order valence-electron chi connectivity index (χ0n) is 17.1. The molecule has 0 atom stereocenters. The van der Waals surface area contributed by atoms with Crippen LogP contribution in [0.3, 0.4) is 0 Å². The first kappa shape index (κ1) is 19.2. The molecule has 3 heterocycles. The minimum absolute atomic E-state index is 0.383. The molecule has 3 N–H and O–H groups in total. The fourth-order valence-electron chi connectivity index (χ4n) is 3.91. The maximum absolute atomic E-state index is 11.9. The highest BCUT2D eigenvalue weighted by Gasteiger charge is 2.22. The summed E-state index contributed by atoms with van der Waals surface area (Å²) in [5, 5.41) is 3.45. The Bertz CT molecular complexity index is 1280. The molecule has 8 nitrogen and oxygen atoms in total. The molecule has 2 aromatic heterocycles. The lowest BCUT2D eigenvalue weighted by molar-refractivity contribution is 0.100. The molecule has 1 aliphatic heterocycles. The molecule has 0 radical (unpaired) electrons. The van der Waals surface area contributed by atoms with Crippen molar-refractivity contribution in [3.8, 4) is 5.95 Å². The number of benzene rings is 2. The number of ether oxygens (including phenoxy) is 1. The molecule has 0 bridgehead atoms. The second kappa shape index (κ2) is 7.81. The molecule has 156 valence electrons. The van der Waals surface area contributed by atoms with Gasteiger partial charge in [0.25, 0.3) is 5.91 Å². The average molecular weight is 414 g/mol. The lowest BCUT2D eigenvalue weighted by Crippen LogP contribution is -2.19. The second-order valence-electron chi connectivity index (χ2n) is 7.47. The number of rotatable bonds is 5. The van der Waals surface area contributed by atoms with Gasteiger partial charge in [-0.25, -0.2) is 9.97 Å². The fourth-order valence-corrected chi connectivity index (χ4v) is 3.91. The van der Waals surface area contributed by atoms with Crippen LogP contribution in [0.15, 0.2) is 48.5 Å². The van der Waals surface area contributed by atoms with Gasteiger partial charge in [0.2, 0.25) is 5.95 Å². The van der Waals surface area contributed by atoms with Gasteiger partial charge in [0.05, 0.1) is 30.0 Å². The van der Waals surface area contributed by atoms with Crippen LogP contribution in [0.4, 0.5) is 5.82 Å². The maximum atomic E-state index is 11.9. The van der Waals surface area contributed by atoms with E-state index < -0.39 is 5.91 Å². The summed E-state index contributed by atoms with van der Waals surface area (Å²) in [6.45, 7) is 3.60. The first-order valence-electron chi connectivity index (χ1n) is 10.2. The third-order valence-corrected chi connectivity index (χ3v) is 5.43. The Morgan fingerprint density at radius 1 is 1.13 bits per heavy atom. The van der Waals surface area contributed by atoms with E-state index in [1.165, 1.54) is 0 Å².